The zero-order valence-corrected chi connectivity index (χ0v) is 10.3. The molecule has 1 saturated heterocycles. The molecule has 2 rings (SSSR count). The number of rotatable bonds is 3. The summed E-state index contributed by atoms with van der Waals surface area (Å²) in [6, 6.07) is 0.126. The minimum atomic E-state index is -0.118. The molecule has 2 heterocycles. The second kappa shape index (κ2) is 5.12. The van der Waals surface area contributed by atoms with E-state index >= 15 is 0 Å². The minimum Gasteiger partial charge on any atom is -0.350 e. The monoisotopic (exact) mass is 234 g/mol. The lowest BCUT2D eigenvalue weighted by molar-refractivity contribution is 0.0942. The second-order valence-corrected chi connectivity index (χ2v) is 4.59. The molecule has 1 amide bonds. The van der Waals surface area contributed by atoms with E-state index in [1.54, 1.807) is 12.4 Å². The van der Waals surface area contributed by atoms with Crippen molar-refractivity contribution in [2.45, 2.75) is 32.7 Å². The van der Waals surface area contributed by atoms with Gasteiger partial charge in [0.1, 0.15) is 0 Å². The number of carbonyl (C=O) groups is 1. The largest absolute Gasteiger partial charge is 0.350 e. The van der Waals surface area contributed by atoms with Crippen molar-refractivity contribution in [1.82, 2.24) is 15.3 Å². The van der Waals surface area contributed by atoms with Crippen molar-refractivity contribution >= 4 is 11.9 Å². The second-order valence-electron chi connectivity index (χ2n) is 4.59. The molecule has 5 heteroatoms. The van der Waals surface area contributed by atoms with Crippen molar-refractivity contribution in [2.75, 3.05) is 18.0 Å². The molecule has 1 N–H and O–H groups in total. The first-order valence-corrected chi connectivity index (χ1v) is 6.04. The van der Waals surface area contributed by atoms with Gasteiger partial charge in [0, 0.05) is 31.5 Å². The molecule has 0 aromatic carbocycles. The van der Waals surface area contributed by atoms with Crippen molar-refractivity contribution in [3.05, 3.63) is 18.0 Å². The highest BCUT2D eigenvalue weighted by molar-refractivity contribution is 5.93. The molecule has 1 aromatic heterocycles. The highest BCUT2D eigenvalue weighted by Crippen LogP contribution is 2.14. The van der Waals surface area contributed by atoms with Crippen LogP contribution >= 0.6 is 0 Å². The highest BCUT2D eigenvalue weighted by Gasteiger charge is 2.15. The van der Waals surface area contributed by atoms with Crippen LogP contribution in [0.3, 0.4) is 0 Å². The van der Waals surface area contributed by atoms with E-state index in [4.69, 9.17) is 0 Å². The SMILES string of the molecule is CC(C)NC(=O)c1cnc(N2CCCC2)nc1. The normalized spacial score (nSPS) is 15.4. The van der Waals surface area contributed by atoms with Crippen LogP contribution < -0.4 is 10.2 Å². The van der Waals surface area contributed by atoms with Crippen molar-refractivity contribution in [3.63, 3.8) is 0 Å². The van der Waals surface area contributed by atoms with Gasteiger partial charge in [0.2, 0.25) is 5.95 Å². The van der Waals surface area contributed by atoms with Gasteiger partial charge >= 0.3 is 0 Å². The van der Waals surface area contributed by atoms with Crippen LogP contribution in [0.4, 0.5) is 5.95 Å². The summed E-state index contributed by atoms with van der Waals surface area (Å²) < 4.78 is 0. The Labute approximate surface area is 101 Å². The smallest absolute Gasteiger partial charge is 0.254 e. The van der Waals surface area contributed by atoms with Gasteiger partial charge in [-0.1, -0.05) is 0 Å². The summed E-state index contributed by atoms with van der Waals surface area (Å²) in [6.45, 7) is 5.88. The molecule has 0 unspecified atom stereocenters. The Morgan fingerprint density at radius 1 is 1.29 bits per heavy atom. The van der Waals surface area contributed by atoms with E-state index in [1.165, 1.54) is 12.8 Å². The molecular weight excluding hydrogens is 216 g/mol. The third-order valence-electron chi connectivity index (χ3n) is 2.71. The predicted molar refractivity (Wildman–Crippen MR) is 66.1 cm³/mol. The van der Waals surface area contributed by atoms with Crippen molar-refractivity contribution in [3.8, 4) is 0 Å². The van der Waals surface area contributed by atoms with Crippen molar-refractivity contribution in [1.29, 1.82) is 0 Å². The van der Waals surface area contributed by atoms with E-state index in [0.717, 1.165) is 19.0 Å². The van der Waals surface area contributed by atoms with Gasteiger partial charge in [-0.15, -0.1) is 0 Å². The van der Waals surface area contributed by atoms with E-state index in [0.29, 0.717) is 5.56 Å². The van der Waals surface area contributed by atoms with Crippen LogP contribution in [0.1, 0.15) is 37.0 Å². The average Bonchev–Trinajstić information content (AvgIpc) is 2.82. The summed E-state index contributed by atoms with van der Waals surface area (Å²) in [6.07, 6.45) is 5.58. The third kappa shape index (κ3) is 2.93. The fourth-order valence-electron chi connectivity index (χ4n) is 1.86. The summed E-state index contributed by atoms with van der Waals surface area (Å²) in [7, 11) is 0. The van der Waals surface area contributed by atoms with E-state index < -0.39 is 0 Å². The number of amides is 1. The number of aromatic nitrogens is 2. The lowest BCUT2D eigenvalue weighted by atomic mass is 10.3. The van der Waals surface area contributed by atoms with Gasteiger partial charge in [-0.3, -0.25) is 4.79 Å². The maximum absolute atomic E-state index is 11.7. The fraction of sp³-hybridized carbons (Fsp3) is 0.583. The standard InChI is InChI=1S/C12H18N4O/c1-9(2)15-11(17)10-7-13-12(14-8-10)16-5-3-4-6-16/h7-9H,3-6H2,1-2H3,(H,15,17). The summed E-state index contributed by atoms with van der Waals surface area (Å²) in [4.78, 5) is 22.3. The Kier molecular flexibility index (Phi) is 3.56. The number of nitrogens with zero attached hydrogens (tertiary/aromatic N) is 3. The van der Waals surface area contributed by atoms with Gasteiger partial charge in [-0.05, 0) is 26.7 Å². The minimum absolute atomic E-state index is 0.118. The van der Waals surface area contributed by atoms with Gasteiger partial charge in [0.25, 0.3) is 5.91 Å². The van der Waals surface area contributed by atoms with Crippen molar-refractivity contribution < 1.29 is 4.79 Å². The summed E-state index contributed by atoms with van der Waals surface area (Å²) in [5.74, 6) is 0.608. The zero-order chi connectivity index (χ0) is 12.3. The average molecular weight is 234 g/mol. The molecule has 1 aliphatic heterocycles. The van der Waals surface area contributed by atoms with Crippen LogP contribution in [-0.4, -0.2) is 35.0 Å². The zero-order valence-electron chi connectivity index (χ0n) is 10.3. The molecule has 0 saturated carbocycles. The Morgan fingerprint density at radius 3 is 2.41 bits per heavy atom. The van der Waals surface area contributed by atoms with Gasteiger partial charge in [0.05, 0.1) is 5.56 Å². The number of hydrogen-bond donors (Lipinski definition) is 1. The number of hydrogen-bond acceptors (Lipinski definition) is 4. The molecule has 1 fully saturated rings. The topological polar surface area (TPSA) is 58.1 Å². The van der Waals surface area contributed by atoms with Crippen LogP contribution in [0.2, 0.25) is 0 Å². The van der Waals surface area contributed by atoms with Gasteiger partial charge in [-0.25, -0.2) is 9.97 Å². The summed E-state index contributed by atoms with van der Waals surface area (Å²) in [5.41, 5.74) is 0.515. The molecule has 92 valence electrons. The molecule has 0 bridgehead atoms. The van der Waals surface area contributed by atoms with Crippen LogP contribution in [0, 0.1) is 0 Å². The number of carbonyl (C=O) groups excluding carboxylic acids is 1. The molecular formula is C12H18N4O. The van der Waals surface area contributed by atoms with E-state index in [2.05, 4.69) is 20.2 Å². The first kappa shape index (κ1) is 11.8. The van der Waals surface area contributed by atoms with E-state index in [9.17, 15) is 4.79 Å². The molecule has 5 nitrogen and oxygen atoms in total. The van der Waals surface area contributed by atoms with Crippen molar-refractivity contribution in [2.24, 2.45) is 0 Å². The molecule has 1 aliphatic rings. The lowest BCUT2D eigenvalue weighted by Gasteiger charge is -2.14. The van der Waals surface area contributed by atoms with Crippen LogP contribution in [0.15, 0.2) is 12.4 Å². The quantitative estimate of drug-likeness (QED) is 0.854. The van der Waals surface area contributed by atoms with E-state index in [1.807, 2.05) is 13.8 Å². The van der Waals surface area contributed by atoms with Crippen LogP contribution in [-0.2, 0) is 0 Å². The molecule has 0 atom stereocenters. The number of anilines is 1. The fourth-order valence-corrected chi connectivity index (χ4v) is 1.86. The Balaban J connectivity index is 2.04. The van der Waals surface area contributed by atoms with Gasteiger partial charge in [-0.2, -0.15) is 0 Å². The molecule has 17 heavy (non-hydrogen) atoms. The molecule has 0 aliphatic carbocycles. The Bertz CT molecular complexity index is 382. The third-order valence-corrected chi connectivity index (χ3v) is 2.71. The van der Waals surface area contributed by atoms with Gasteiger partial charge in [0.15, 0.2) is 0 Å². The first-order valence-electron chi connectivity index (χ1n) is 6.04. The summed E-state index contributed by atoms with van der Waals surface area (Å²) >= 11 is 0. The first-order chi connectivity index (χ1) is 8.16. The Morgan fingerprint density at radius 2 is 1.88 bits per heavy atom. The lowest BCUT2D eigenvalue weighted by Crippen LogP contribution is -2.30. The Hall–Kier alpha value is -1.65. The molecule has 0 radical (unpaired) electrons. The predicted octanol–water partition coefficient (Wildman–Crippen LogP) is 1.21. The van der Waals surface area contributed by atoms with Gasteiger partial charge < -0.3 is 10.2 Å². The van der Waals surface area contributed by atoms with E-state index in [-0.39, 0.29) is 11.9 Å². The molecule has 1 aromatic rings. The highest BCUT2D eigenvalue weighted by atomic mass is 16.1. The van der Waals surface area contributed by atoms with Crippen LogP contribution in [0.25, 0.3) is 0 Å². The maximum Gasteiger partial charge on any atom is 0.254 e. The maximum atomic E-state index is 11.7. The van der Waals surface area contributed by atoms with Crippen LogP contribution in [0.5, 0.6) is 0 Å². The molecule has 0 spiro atoms. The number of nitrogens with one attached hydrogen (secondary N) is 1. The summed E-state index contributed by atoms with van der Waals surface area (Å²) in [5, 5.41) is 2.82.